The number of rotatable bonds is 0. The van der Waals surface area contributed by atoms with E-state index in [2.05, 4.69) is 9.97 Å². The Hall–Kier alpha value is -1.35. The Morgan fingerprint density at radius 3 is 3.00 bits per heavy atom. The fourth-order valence-corrected chi connectivity index (χ4v) is 1.24. The Balaban J connectivity index is 3.05. The molecule has 0 aromatic carbocycles. The third kappa shape index (κ3) is 0.987. The SMILES string of the molecule is O=c1cc[nH]c2c(Cl)ccnc12. The summed E-state index contributed by atoms with van der Waals surface area (Å²) in [6.07, 6.45) is 3.07. The molecule has 1 N–H and O–H groups in total. The van der Waals surface area contributed by atoms with Crippen molar-refractivity contribution < 1.29 is 0 Å². The first-order valence-corrected chi connectivity index (χ1v) is 3.79. The molecule has 4 heteroatoms. The second-order valence-electron chi connectivity index (χ2n) is 2.36. The number of hydrogen-bond acceptors (Lipinski definition) is 2. The van der Waals surface area contributed by atoms with E-state index in [-0.39, 0.29) is 5.43 Å². The van der Waals surface area contributed by atoms with Gasteiger partial charge in [-0.15, -0.1) is 0 Å². The number of aromatic amines is 1. The largest absolute Gasteiger partial charge is 0.358 e. The van der Waals surface area contributed by atoms with Gasteiger partial charge in [0.2, 0.25) is 5.43 Å². The molecule has 2 aromatic heterocycles. The molecule has 0 radical (unpaired) electrons. The first-order chi connectivity index (χ1) is 5.79. The van der Waals surface area contributed by atoms with Crippen LogP contribution in [0.4, 0.5) is 0 Å². The minimum Gasteiger partial charge on any atom is -0.358 e. The van der Waals surface area contributed by atoms with E-state index in [0.717, 1.165) is 0 Å². The van der Waals surface area contributed by atoms with Crippen molar-refractivity contribution in [3.05, 3.63) is 39.8 Å². The van der Waals surface area contributed by atoms with Crippen LogP contribution in [0.2, 0.25) is 5.02 Å². The number of H-pyrrole nitrogens is 1. The smallest absolute Gasteiger partial charge is 0.207 e. The molecule has 60 valence electrons. The zero-order valence-corrected chi connectivity index (χ0v) is 6.80. The third-order valence-electron chi connectivity index (χ3n) is 1.60. The number of fused-ring (bicyclic) bond motifs is 1. The lowest BCUT2D eigenvalue weighted by Crippen LogP contribution is -2.01. The van der Waals surface area contributed by atoms with E-state index in [1.165, 1.54) is 12.3 Å². The van der Waals surface area contributed by atoms with Crippen LogP contribution in [0.1, 0.15) is 0 Å². The Labute approximate surface area is 73.0 Å². The second kappa shape index (κ2) is 2.60. The Morgan fingerprint density at radius 2 is 2.25 bits per heavy atom. The van der Waals surface area contributed by atoms with Crippen molar-refractivity contribution >= 4 is 22.6 Å². The summed E-state index contributed by atoms with van der Waals surface area (Å²) >= 11 is 5.82. The highest BCUT2D eigenvalue weighted by Gasteiger charge is 2.01. The molecule has 12 heavy (non-hydrogen) atoms. The maximum atomic E-state index is 11.2. The highest BCUT2D eigenvalue weighted by molar-refractivity contribution is 6.34. The van der Waals surface area contributed by atoms with Crippen molar-refractivity contribution in [3.8, 4) is 0 Å². The van der Waals surface area contributed by atoms with Gasteiger partial charge >= 0.3 is 0 Å². The predicted octanol–water partition coefficient (Wildman–Crippen LogP) is 1.58. The normalized spacial score (nSPS) is 10.4. The fourth-order valence-electron chi connectivity index (χ4n) is 1.04. The summed E-state index contributed by atoms with van der Waals surface area (Å²) in [5.41, 5.74) is 0.850. The first kappa shape index (κ1) is 7.31. The molecule has 2 rings (SSSR count). The van der Waals surface area contributed by atoms with Gasteiger partial charge < -0.3 is 4.98 Å². The maximum absolute atomic E-state index is 11.2. The number of aromatic nitrogens is 2. The van der Waals surface area contributed by atoms with Crippen LogP contribution < -0.4 is 5.43 Å². The van der Waals surface area contributed by atoms with Crippen LogP contribution in [-0.4, -0.2) is 9.97 Å². The molecule has 3 nitrogen and oxygen atoms in total. The molecular weight excluding hydrogens is 176 g/mol. The summed E-state index contributed by atoms with van der Waals surface area (Å²) in [7, 11) is 0. The predicted molar refractivity (Wildman–Crippen MR) is 47.4 cm³/mol. The lowest BCUT2D eigenvalue weighted by Gasteiger charge is -1.96. The van der Waals surface area contributed by atoms with Gasteiger partial charge in [0.25, 0.3) is 0 Å². The molecule has 0 atom stereocenters. The van der Waals surface area contributed by atoms with Crippen molar-refractivity contribution in [1.82, 2.24) is 9.97 Å². The summed E-state index contributed by atoms with van der Waals surface area (Å²) in [5, 5.41) is 0.512. The van der Waals surface area contributed by atoms with Crippen LogP contribution in [-0.2, 0) is 0 Å². The molecule has 0 amide bonds. The molecule has 0 aliphatic rings. The summed E-state index contributed by atoms with van der Waals surface area (Å²) in [4.78, 5) is 18.0. The monoisotopic (exact) mass is 180 g/mol. The third-order valence-corrected chi connectivity index (χ3v) is 1.91. The molecule has 0 bridgehead atoms. The quantitative estimate of drug-likeness (QED) is 0.669. The molecule has 2 aromatic rings. The minimum atomic E-state index is -0.119. The maximum Gasteiger partial charge on any atom is 0.207 e. The van der Waals surface area contributed by atoms with Gasteiger partial charge in [0.05, 0.1) is 10.5 Å². The van der Waals surface area contributed by atoms with Crippen LogP contribution in [0.15, 0.2) is 29.3 Å². The van der Waals surface area contributed by atoms with Gasteiger partial charge in [0.15, 0.2) is 0 Å². The van der Waals surface area contributed by atoms with Crippen LogP contribution in [0.5, 0.6) is 0 Å². The van der Waals surface area contributed by atoms with Gasteiger partial charge in [-0.25, -0.2) is 0 Å². The molecule has 0 saturated carbocycles. The van der Waals surface area contributed by atoms with Gasteiger partial charge in [-0.3, -0.25) is 9.78 Å². The summed E-state index contributed by atoms with van der Waals surface area (Å²) in [6.45, 7) is 0. The van der Waals surface area contributed by atoms with E-state index in [9.17, 15) is 4.79 Å². The molecule has 0 aliphatic carbocycles. The zero-order chi connectivity index (χ0) is 8.55. The van der Waals surface area contributed by atoms with Crippen LogP contribution in [0.3, 0.4) is 0 Å². The van der Waals surface area contributed by atoms with Crippen molar-refractivity contribution in [2.24, 2.45) is 0 Å². The molecule has 0 aliphatic heterocycles. The molecule has 0 unspecified atom stereocenters. The summed E-state index contributed by atoms with van der Waals surface area (Å²) < 4.78 is 0. The number of hydrogen-bond donors (Lipinski definition) is 1. The molecule has 0 spiro atoms. The average Bonchev–Trinajstić information content (AvgIpc) is 2.07. The van der Waals surface area contributed by atoms with E-state index in [1.54, 1.807) is 12.3 Å². The zero-order valence-electron chi connectivity index (χ0n) is 6.04. The average molecular weight is 181 g/mol. The standard InChI is InChI=1S/C8H5ClN2O/c9-5-1-3-11-8-6(12)2-4-10-7(5)8/h1-4H,(H,10,12). The molecule has 0 saturated heterocycles. The fraction of sp³-hybridized carbons (Fsp3) is 0. The van der Waals surface area contributed by atoms with Crippen LogP contribution >= 0.6 is 11.6 Å². The first-order valence-electron chi connectivity index (χ1n) is 3.41. The lowest BCUT2D eigenvalue weighted by atomic mass is 10.3. The Bertz CT molecular complexity index is 478. The van der Waals surface area contributed by atoms with E-state index < -0.39 is 0 Å². The van der Waals surface area contributed by atoms with E-state index in [4.69, 9.17) is 11.6 Å². The highest BCUT2D eigenvalue weighted by atomic mass is 35.5. The minimum absolute atomic E-state index is 0.119. The molecule has 2 heterocycles. The van der Waals surface area contributed by atoms with Gasteiger partial charge in [0.1, 0.15) is 5.52 Å². The number of halogens is 1. The summed E-state index contributed by atoms with van der Waals surface area (Å²) in [5.74, 6) is 0. The highest BCUT2D eigenvalue weighted by Crippen LogP contribution is 2.15. The van der Waals surface area contributed by atoms with Gasteiger partial charge in [-0.1, -0.05) is 11.6 Å². The number of nitrogens with one attached hydrogen (secondary N) is 1. The van der Waals surface area contributed by atoms with E-state index in [0.29, 0.717) is 16.1 Å². The van der Waals surface area contributed by atoms with Crippen LogP contribution in [0.25, 0.3) is 11.0 Å². The van der Waals surface area contributed by atoms with E-state index >= 15 is 0 Å². The van der Waals surface area contributed by atoms with E-state index in [1.807, 2.05) is 0 Å². The van der Waals surface area contributed by atoms with Gasteiger partial charge in [-0.2, -0.15) is 0 Å². The number of pyridine rings is 2. The molecular formula is C8H5ClN2O. The molecule has 0 fully saturated rings. The topological polar surface area (TPSA) is 45.8 Å². The van der Waals surface area contributed by atoms with Gasteiger partial charge in [0, 0.05) is 18.5 Å². The van der Waals surface area contributed by atoms with Crippen molar-refractivity contribution in [3.63, 3.8) is 0 Å². The van der Waals surface area contributed by atoms with Crippen molar-refractivity contribution in [2.75, 3.05) is 0 Å². The van der Waals surface area contributed by atoms with Gasteiger partial charge in [-0.05, 0) is 6.07 Å². The van der Waals surface area contributed by atoms with Crippen LogP contribution in [0, 0.1) is 0 Å². The summed E-state index contributed by atoms with van der Waals surface area (Å²) in [6, 6.07) is 3.06. The lowest BCUT2D eigenvalue weighted by molar-refractivity contribution is 1.31. The Kier molecular flexibility index (Phi) is 1.59. The van der Waals surface area contributed by atoms with Crippen molar-refractivity contribution in [1.29, 1.82) is 0 Å². The second-order valence-corrected chi connectivity index (χ2v) is 2.77. The Morgan fingerprint density at radius 1 is 1.42 bits per heavy atom. The van der Waals surface area contributed by atoms with Crippen molar-refractivity contribution in [2.45, 2.75) is 0 Å². The number of nitrogens with zero attached hydrogens (tertiary/aromatic N) is 1.